The first-order chi connectivity index (χ1) is 14.6. The molecule has 3 aromatic carbocycles. The van der Waals surface area contributed by atoms with Crippen molar-refractivity contribution >= 4 is 28.9 Å². The van der Waals surface area contributed by atoms with Crippen LogP contribution in [0.5, 0.6) is 5.75 Å². The first-order valence-electron chi connectivity index (χ1n) is 10.1. The van der Waals surface area contributed by atoms with E-state index in [1.165, 1.54) is 18.4 Å². The molecule has 0 aliphatic heterocycles. The summed E-state index contributed by atoms with van der Waals surface area (Å²) in [6.45, 7) is 2.67. The van der Waals surface area contributed by atoms with E-state index >= 15 is 0 Å². The summed E-state index contributed by atoms with van der Waals surface area (Å²) in [4.78, 5) is 12.4. The average molecular weight is 419 g/mol. The molecule has 30 heavy (non-hydrogen) atoms. The van der Waals surface area contributed by atoms with Crippen LogP contribution in [0.1, 0.15) is 41.3 Å². The third kappa shape index (κ3) is 6.71. The Morgan fingerprint density at radius 3 is 2.27 bits per heavy atom. The lowest BCUT2D eigenvalue weighted by Crippen LogP contribution is -2.34. The summed E-state index contributed by atoms with van der Waals surface area (Å²) in [6, 6.07) is 25.1. The third-order valence-corrected chi connectivity index (χ3v) is 4.83. The van der Waals surface area contributed by atoms with Gasteiger partial charge in [0.2, 0.25) is 0 Å². The second-order valence-electron chi connectivity index (χ2n) is 7.01. The van der Waals surface area contributed by atoms with E-state index in [0.717, 1.165) is 17.7 Å². The molecular weight excluding hydrogens is 392 g/mol. The number of nitrogens with one attached hydrogen (secondary N) is 2. The Hall–Kier alpha value is -3.18. The molecule has 0 saturated heterocycles. The Bertz CT molecular complexity index is 955. The highest BCUT2D eigenvalue weighted by Crippen LogP contribution is 2.15. The lowest BCUT2D eigenvalue weighted by atomic mass is 10.1. The van der Waals surface area contributed by atoms with E-state index in [9.17, 15) is 4.79 Å². The molecule has 5 heteroatoms. The van der Waals surface area contributed by atoms with Gasteiger partial charge in [0.25, 0.3) is 5.91 Å². The van der Waals surface area contributed by atoms with Gasteiger partial charge in [-0.3, -0.25) is 10.1 Å². The molecule has 0 aliphatic carbocycles. The summed E-state index contributed by atoms with van der Waals surface area (Å²) in [7, 11) is 0. The molecule has 0 fully saturated rings. The summed E-state index contributed by atoms with van der Waals surface area (Å²) in [5.41, 5.74) is 3.76. The van der Waals surface area contributed by atoms with Crippen LogP contribution in [0.2, 0.25) is 0 Å². The number of aryl methyl sites for hydroxylation is 1. The molecule has 154 valence electrons. The minimum absolute atomic E-state index is 0.262. The standard InChI is InChI=1S/C25H26N2O2S/c1-2-3-7-19-10-14-22(15-11-19)26-25(30)27-24(28)21-12-16-23(17-13-21)29-18-20-8-5-4-6-9-20/h4-6,8-17H,2-3,7,18H2,1H3,(H2,26,27,28,30). The summed E-state index contributed by atoms with van der Waals surface area (Å²) >= 11 is 5.27. The summed E-state index contributed by atoms with van der Waals surface area (Å²) in [5, 5.41) is 6.03. The van der Waals surface area contributed by atoms with Crippen molar-refractivity contribution in [1.82, 2.24) is 5.32 Å². The van der Waals surface area contributed by atoms with Crippen LogP contribution < -0.4 is 15.4 Å². The molecule has 4 nitrogen and oxygen atoms in total. The molecule has 0 atom stereocenters. The smallest absolute Gasteiger partial charge is 0.257 e. The third-order valence-electron chi connectivity index (χ3n) is 4.62. The maximum absolute atomic E-state index is 12.4. The second-order valence-corrected chi connectivity index (χ2v) is 7.42. The van der Waals surface area contributed by atoms with Gasteiger partial charge in [0.1, 0.15) is 12.4 Å². The van der Waals surface area contributed by atoms with Gasteiger partial charge >= 0.3 is 0 Å². The fraction of sp³-hybridized carbons (Fsp3) is 0.200. The van der Waals surface area contributed by atoms with Crippen molar-refractivity contribution in [2.24, 2.45) is 0 Å². The van der Waals surface area contributed by atoms with Gasteiger partial charge in [-0.05, 0) is 72.6 Å². The number of hydrogen-bond acceptors (Lipinski definition) is 3. The summed E-state index contributed by atoms with van der Waals surface area (Å²) < 4.78 is 5.75. The number of carbonyl (C=O) groups is 1. The van der Waals surface area contributed by atoms with E-state index in [1.807, 2.05) is 42.5 Å². The van der Waals surface area contributed by atoms with Gasteiger partial charge in [-0.2, -0.15) is 0 Å². The largest absolute Gasteiger partial charge is 0.489 e. The van der Waals surface area contributed by atoms with E-state index < -0.39 is 0 Å². The number of hydrogen-bond donors (Lipinski definition) is 2. The highest BCUT2D eigenvalue weighted by atomic mass is 32.1. The van der Waals surface area contributed by atoms with Crippen LogP contribution in [-0.2, 0) is 13.0 Å². The minimum Gasteiger partial charge on any atom is -0.489 e. The van der Waals surface area contributed by atoms with Crippen LogP contribution in [0, 0.1) is 0 Å². The zero-order valence-corrected chi connectivity index (χ0v) is 17.9. The second kappa shape index (κ2) is 11.1. The lowest BCUT2D eigenvalue weighted by Gasteiger charge is -2.11. The summed E-state index contributed by atoms with van der Waals surface area (Å²) in [6.07, 6.45) is 3.43. The van der Waals surface area contributed by atoms with E-state index in [0.29, 0.717) is 17.9 Å². The minimum atomic E-state index is -0.262. The van der Waals surface area contributed by atoms with Crippen molar-refractivity contribution in [2.45, 2.75) is 32.8 Å². The maximum atomic E-state index is 12.4. The van der Waals surface area contributed by atoms with Crippen LogP contribution in [0.15, 0.2) is 78.9 Å². The summed E-state index contributed by atoms with van der Waals surface area (Å²) in [5.74, 6) is 0.445. The first-order valence-corrected chi connectivity index (χ1v) is 10.5. The van der Waals surface area contributed by atoms with Crippen molar-refractivity contribution in [3.63, 3.8) is 0 Å². The number of ether oxygens (including phenoxy) is 1. The molecular formula is C25H26N2O2S. The van der Waals surface area contributed by atoms with Crippen LogP contribution >= 0.6 is 12.2 Å². The van der Waals surface area contributed by atoms with E-state index in [1.54, 1.807) is 24.3 Å². The molecule has 0 unspecified atom stereocenters. The molecule has 0 radical (unpaired) electrons. The Balaban J connectivity index is 1.48. The van der Waals surface area contributed by atoms with Crippen molar-refractivity contribution in [2.75, 3.05) is 5.32 Å². The highest BCUT2D eigenvalue weighted by Gasteiger charge is 2.08. The van der Waals surface area contributed by atoms with E-state index in [-0.39, 0.29) is 11.0 Å². The SMILES string of the molecule is CCCCc1ccc(NC(=S)NC(=O)c2ccc(OCc3ccccc3)cc2)cc1. The van der Waals surface area contributed by atoms with Crippen molar-refractivity contribution in [1.29, 1.82) is 0 Å². The van der Waals surface area contributed by atoms with Gasteiger partial charge in [-0.15, -0.1) is 0 Å². The van der Waals surface area contributed by atoms with Crippen LogP contribution in [0.4, 0.5) is 5.69 Å². The molecule has 1 amide bonds. The highest BCUT2D eigenvalue weighted by molar-refractivity contribution is 7.80. The number of amides is 1. The molecule has 0 spiro atoms. The average Bonchev–Trinajstić information content (AvgIpc) is 2.78. The fourth-order valence-electron chi connectivity index (χ4n) is 2.92. The maximum Gasteiger partial charge on any atom is 0.257 e. The van der Waals surface area contributed by atoms with Crippen LogP contribution in [0.25, 0.3) is 0 Å². The number of rotatable bonds is 8. The topological polar surface area (TPSA) is 50.4 Å². The van der Waals surface area contributed by atoms with Crippen molar-refractivity contribution in [3.05, 3.63) is 95.6 Å². The Morgan fingerprint density at radius 2 is 1.60 bits per heavy atom. The molecule has 3 rings (SSSR count). The zero-order chi connectivity index (χ0) is 21.2. The van der Waals surface area contributed by atoms with Gasteiger partial charge in [-0.25, -0.2) is 0 Å². The predicted octanol–water partition coefficient (Wildman–Crippen LogP) is 5.74. The van der Waals surface area contributed by atoms with E-state index in [4.69, 9.17) is 17.0 Å². The molecule has 0 saturated carbocycles. The zero-order valence-electron chi connectivity index (χ0n) is 17.1. The molecule has 0 aromatic heterocycles. The monoisotopic (exact) mass is 418 g/mol. The lowest BCUT2D eigenvalue weighted by molar-refractivity contribution is 0.0977. The van der Waals surface area contributed by atoms with Crippen LogP contribution in [0.3, 0.4) is 0 Å². The quantitative estimate of drug-likeness (QED) is 0.458. The van der Waals surface area contributed by atoms with Crippen molar-refractivity contribution in [3.8, 4) is 5.75 Å². The number of thiocarbonyl (C=S) groups is 1. The number of unbranched alkanes of at least 4 members (excludes halogenated alkanes) is 1. The number of anilines is 1. The molecule has 0 heterocycles. The number of benzene rings is 3. The predicted molar refractivity (Wildman–Crippen MR) is 126 cm³/mol. The normalized spacial score (nSPS) is 10.3. The van der Waals surface area contributed by atoms with Crippen molar-refractivity contribution < 1.29 is 9.53 Å². The fourth-order valence-corrected chi connectivity index (χ4v) is 3.13. The van der Waals surface area contributed by atoms with Crippen LogP contribution in [-0.4, -0.2) is 11.0 Å². The number of carbonyl (C=O) groups excluding carboxylic acids is 1. The Labute approximate surface area is 183 Å². The first kappa shape index (κ1) is 21.5. The Kier molecular flexibility index (Phi) is 7.98. The van der Waals surface area contributed by atoms with E-state index in [2.05, 4.69) is 29.7 Å². The molecule has 0 bridgehead atoms. The van der Waals surface area contributed by atoms with Gasteiger partial charge in [0, 0.05) is 11.3 Å². The molecule has 0 aliphatic rings. The Morgan fingerprint density at radius 1 is 0.900 bits per heavy atom. The molecule has 3 aromatic rings. The molecule has 2 N–H and O–H groups in total. The van der Waals surface area contributed by atoms with Gasteiger partial charge in [0.15, 0.2) is 5.11 Å². The van der Waals surface area contributed by atoms with Gasteiger partial charge < -0.3 is 10.1 Å². The van der Waals surface area contributed by atoms with Gasteiger partial charge in [0.05, 0.1) is 0 Å². The van der Waals surface area contributed by atoms with Gasteiger partial charge in [-0.1, -0.05) is 55.8 Å².